The van der Waals surface area contributed by atoms with Gasteiger partial charge in [-0.05, 0) is 24.5 Å². The van der Waals surface area contributed by atoms with Gasteiger partial charge in [-0.2, -0.15) is 5.26 Å². The summed E-state index contributed by atoms with van der Waals surface area (Å²) in [4.78, 5) is 0.00433. The third-order valence-corrected chi connectivity index (χ3v) is 4.19. The van der Waals surface area contributed by atoms with Gasteiger partial charge in [0, 0.05) is 13.2 Å². The summed E-state index contributed by atoms with van der Waals surface area (Å²) in [5.41, 5.74) is 0.140. The van der Waals surface area contributed by atoms with Crippen molar-refractivity contribution in [3.05, 3.63) is 29.8 Å². The largest absolute Gasteiger partial charge is 0.380 e. The van der Waals surface area contributed by atoms with Gasteiger partial charge in [0.05, 0.1) is 17.1 Å². The Morgan fingerprint density at radius 1 is 1.30 bits per heavy atom. The van der Waals surface area contributed by atoms with Gasteiger partial charge in [-0.1, -0.05) is 26.0 Å². The maximum absolute atomic E-state index is 12.0. The van der Waals surface area contributed by atoms with Crippen LogP contribution < -0.4 is 4.72 Å². The standard InChI is InChI=1S/C14H20N2O3S/c1-12(2)7-9-19-10-8-16-20(17,18)14-6-4-3-5-13(14)11-15/h3-6,12,16H,7-10H2,1-2H3. The van der Waals surface area contributed by atoms with Gasteiger partial charge in [0.15, 0.2) is 0 Å². The summed E-state index contributed by atoms with van der Waals surface area (Å²) in [6, 6.07) is 7.99. The van der Waals surface area contributed by atoms with E-state index in [-0.39, 0.29) is 17.0 Å². The molecule has 0 amide bonds. The number of rotatable bonds is 8. The number of nitrogens with zero attached hydrogens (tertiary/aromatic N) is 1. The van der Waals surface area contributed by atoms with Gasteiger partial charge < -0.3 is 4.74 Å². The normalized spacial score (nSPS) is 11.5. The Morgan fingerprint density at radius 2 is 2.00 bits per heavy atom. The fraction of sp³-hybridized carbons (Fsp3) is 0.500. The molecule has 0 heterocycles. The van der Waals surface area contributed by atoms with Crippen molar-refractivity contribution in [1.82, 2.24) is 4.72 Å². The molecular weight excluding hydrogens is 276 g/mol. The fourth-order valence-corrected chi connectivity index (χ4v) is 2.71. The number of nitriles is 1. The molecular formula is C14H20N2O3S. The molecule has 0 saturated carbocycles. The highest BCUT2D eigenvalue weighted by atomic mass is 32.2. The molecule has 0 unspecified atom stereocenters. The van der Waals surface area contributed by atoms with Crippen LogP contribution in [-0.4, -0.2) is 28.2 Å². The van der Waals surface area contributed by atoms with E-state index in [0.29, 0.717) is 19.1 Å². The molecule has 0 aliphatic heterocycles. The molecule has 1 rings (SSSR count). The lowest BCUT2D eigenvalue weighted by atomic mass is 10.1. The van der Waals surface area contributed by atoms with Gasteiger partial charge in [-0.3, -0.25) is 0 Å². The van der Waals surface area contributed by atoms with Gasteiger partial charge in [-0.25, -0.2) is 13.1 Å². The van der Waals surface area contributed by atoms with E-state index in [0.717, 1.165) is 6.42 Å². The van der Waals surface area contributed by atoms with Crippen LogP contribution in [0.3, 0.4) is 0 Å². The van der Waals surface area contributed by atoms with Crippen LogP contribution in [-0.2, 0) is 14.8 Å². The molecule has 0 atom stereocenters. The van der Waals surface area contributed by atoms with Crippen LogP contribution in [0.1, 0.15) is 25.8 Å². The van der Waals surface area contributed by atoms with E-state index in [1.54, 1.807) is 12.1 Å². The number of sulfonamides is 1. The highest BCUT2D eigenvalue weighted by Crippen LogP contribution is 2.13. The first-order valence-electron chi connectivity index (χ1n) is 6.54. The van der Waals surface area contributed by atoms with Crippen LogP contribution in [0.4, 0.5) is 0 Å². The zero-order valence-corrected chi connectivity index (χ0v) is 12.6. The van der Waals surface area contributed by atoms with E-state index in [1.807, 2.05) is 6.07 Å². The molecule has 1 aromatic carbocycles. The molecule has 6 heteroatoms. The Balaban J connectivity index is 2.49. The zero-order valence-electron chi connectivity index (χ0n) is 11.8. The van der Waals surface area contributed by atoms with Crippen molar-refractivity contribution < 1.29 is 13.2 Å². The average molecular weight is 296 g/mol. The van der Waals surface area contributed by atoms with E-state index in [4.69, 9.17) is 10.00 Å². The summed E-state index contributed by atoms with van der Waals surface area (Å²) in [6.07, 6.45) is 0.948. The third-order valence-electron chi connectivity index (χ3n) is 2.68. The highest BCUT2D eigenvalue weighted by molar-refractivity contribution is 7.89. The number of hydrogen-bond donors (Lipinski definition) is 1. The minimum Gasteiger partial charge on any atom is -0.380 e. The molecule has 0 saturated heterocycles. The zero-order chi connectivity index (χ0) is 15.0. The number of benzene rings is 1. The SMILES string of the molecule is CC(C)CCOCCNS(=O)(=O)c1ccccc1C#N. The molecule has 0 bridgehead atoms. The summed E-state index contributed by atoms with van der Waals surface area (Å²) >= 11 is 0. The minimum absolute atomic E-state index is 0.00433. The molecule has 0 radical (unpaired) electrons. The number of nitrogens with one attached hydrogen (secondary N) is 1. The lowest BCUT2D eigenvalue weighted by Gasteiger charge is -2.09. The predicted molar refractivity (Wildman–Crippen MR) is 76.6 cm³/mol. The van der Waals surface area contributed by atoms with Crippen molar-refractivity contribution in [2.24, 2.45) is 5.92 Å². The first-order valence-corrected chi connectivity index (χ1v) is 8.02. The van der Waals surface area contributed by atoms with Crippen molar-refractivity contribution in [2.75, 3.05) is 19.8 Å². The molecule has 0 spiro atoms. The third kappa shape index (κ3) is 5.29. The first-order chi connectivity index (χ1) is 9.47. The second-order valence-corrected chi connectivity index (χ2v) is 6.54. The summed E-state index contributed by atoms with van der Waals surface area (Å²) in [5, 5.41) is 8.91. The van der Waals surface area contributed by atoms with Crippen molar-refractivity contribution in [1.29, 1.82) is 5.26 Å². The molecule has 20 heavy (non-hydrogen) atoms. The van der Waals surface area contributed by atoms with Crippen LogP contribution >= 0.6 is 0 Å². The highest BCUT2D eigenvalue weighted by Gasteiger charge is 2.17. The summed E-state index contributed by atoms with van der Waals surface area (Å²) < 4.78 is 31.8. The van der Waals surface area contributed by atoms with Crippen LogP contribution in [0.25, 0.3) is 0 Å². The van der Waals surface area contributed by atoms with Crippen molar-refractivity contribution in [3.63, 3.8) is 0 Å². The first kappa shape index (κ1) is 16.6. The van der Waals surface area contributed by atoms with Gasteiger partial charge in [0.25, 0.3) is 0 Å². The van der Waals surface area contributed by atoms with Gasteiger partial charge in [-0.15, -0.1) is 0 Å². The topological polar surface area (TPSA) is 79.2 Å². The van der Waals surface area contributed by atoms with Crippen LogP contribution in [0.15, 0.2) is 29.2 Å². The molecule has 0 aromatic heterocycles. The molecule has 0 aliphatic carbocycles. The van der Waals surface area contributed by atoms with Gasteiger partial charge >= 0.3 is 0 Å². The Hall–Kier alpha value is -1.42. The summed E-state index contributed by atoms with van der Waals surface area (Å²) in [6.45, 7) is 5.34. The second kappa shape index (κ2) is 8.00. The molecule has 0 aliphatic rings. The quantitative estimate of drug-likeness (QED) is 0.743. The Labute approximate surface area is 120 Å². The molecule has 5 nitrogen and oxygen atoms in total. The van der Waals surface area contributed by atoms with Crippen molar-refractivity contribution >= 4 is 10.0 Å². The average Bonchev–Trinajstić information content (AvgIpc) is 2.42. The number of hydrogen-bond acceptors (Lipinski definition) is 4. The molecule has 110 valence electrons. The van der Waals surface area contributed by atoms with Crippen molar-refractivity contribution in [3.8, 4) is 6.07 Å². The van der Waals surface area contributed by atoms with Crippen LogP contribution in [0, 0.1) is 17.2 Å². The monoisotopic (exact) mass is 296 g/mol. The summed E-state index contributed by atoms with van der Waals surface area (Å²) in [5.74, 6) is 0.564. The summed E-state index contributed by atoms with van der Waals surface area (Å²) in [7, 11) is -3.66. The smallest absolute Gasteiger partial charge is 0.241 e. The predicted octanol–water partition coefficient (Wildman–Crippen LogP) is 1.90. The lowest BCUT2D eigenvalue weighted by Crippen LogP contribution is -2.28. The fourth-order valence-electron chi connectivity index (χ4n) is 1.54. The van der Waals surface area contributed by atoms with Crippen molar-refractivity contribution in [2.45, 2.75) is 25.2 Å². The Kier molecular flexibility index (Phi) is 6.65. The maximum Gasteiger partial charge on any atom is 0.241 e. The van der Waals surface area contributed by atoms with E-state index >= 15 is 0 Å². The Morgan fingerprint density at radius 3 is 2.65 bits per heavy atom. The molecule has 1 N–H and O–H groups in total. The van der Waals surface area contributed by atoms with E-state index < -0.39 is 10.0 Å². The van der Waals surface area contributed by atoms with E-state index in [1.165, 1.54) is 12.1 Å². The van der Waals surface area contributed by atoms with E-state index in [9.17, 15) is 8.42 Å². The van der Waals surface area contributed by atoms with E-state index in [2.05, 4.69) is 18.6 Å². The van der Waals surface area contributed by atoms with Gasteiger partial charge in [0.1, 0.15) is 6.07 Å². The lowest BCUT2D eigenvalue weighted by molar-refractivity contribution is 0.128. The minimum atomic E-state index is -3.66. The second-order valence-electron chi connectivity index (χ2n) is 4.80. The number of ether oxygens (including phenoxy) is 1. The maximum atomic E-state index is 12.0. The Bertz CT molecular complexity index is 562. The molecule has 0 fully saturated rings. The van der Waals surface area contributed by atoms with Crippen LogP contribution in [0.5, 0.6) is 0 Å². The molecule has 1 aromatic rings. The van der Waals surface area contributed by atoms with Gasteiger partial charge in [0.2, 0.25) is 10.0 Å². The van der Waals surface area contributed by atoms with Crippen LogP contribution in [0.2, 0.25) is 0 Å².